The van der Waals surface area contributed by atoms with Gasteiger partial charge in [0, 0.05) is 11.1 Å². The van der Waals surface area contributed by atoms with E-state index < -0.39 is 11.9 Å². The Hall–Kier alpha value is -1.84. The summed E-state index contributed by atoms with van der Waals surface area (Å²) >= 11 is 0. The van der Waals surface area contributed by atoms with Crippen molar-refractivity contribution >= 4 is 22.7 Å². The zero-order chi connectivity index (χ0) is 11.7. The van der Waals surface area contributed by atoms with Crippen molar-refractivity contribution in [2.24, 2.45) is 0 Å². The van der Waals surface area contributed by atoms with Gasteiger partial charge >= 0.3 is 17.1 Å². The quantitative estimate of drug-likeness (QED) is 0.692. The molecular formula is C12H6MnO4. The summed E-state index contributed by atoms with van der Waals surface area (Å²) in [6.07, 6.45) is 0. The molecule has 0 amide bonds. The van der Waals surface area contributed by atoms with Gasteiger partial charge in [-0.2, -0.15) is 0 Å². The smallest absolute Gasteiger partial charge is 0.545 e. The minimum Gasteiger partial charge on any atom is -0.545 e. The number of rotatable bonds is 2. The first kappa shape index (κ1) is 13.2. The Bertz CT molecular complexity index is 540. The van der Waals surface area contributed by atoms with Crippen LogP contribution in [0.5, 0.6) is 0 Å². The fourth-order valence-corrected chi connectivity index (χ4v) is 1.66. The van der Waals surface area contributed by atoms with E-state index in [9.17, 15) is 19.8 Å². The molecule has 0 fully saturated rings. The molecule has 0 N–H and O–H groups in total. The van der Waals surface area contributed by atoms with Crippen LogP contribution in [0.15, 0.2) is 36.4 Å². The Kier molecular flexibility index (Phi) is 3.88. The molecule has 0 unspecified atom stereocenters. The molecule has 5 heteroatoms. The molecule has 2 rings (SSSR count). The zero-order valence-corrected chi connectivity index (χ0v) is 9.66. The average Bonchev–Trinajstić information content (AvgIpc) is 2.27. The number of hydrogen-bond donors (Lipinski definition) is 0. The largest absolute Gasteiger partial charge is 2.00 e. The average molecular weight is 269 g/mol. The third-order valence-electron chi connectivity index (χ3n) is 2.36. The van der Waals surface area contributed by atoms with Gasteiger partial charge in [0.2, 0.25) is 0 Å². The van der Waals surface area contributed by atoms with Gasteiger partial charge in [0.25, 0.3) is 0 Å². The maximum atomic E-state index is 10.8. The molecule has 0 spiro atoms. The summed E-state index contributed by atoms with van der Waals surface area (Å²) in [4.78, 5) is 21.6. The number of benzene rings is 2. The van der Waals surface area contributed by atoms with Gasteiger partial charge in [-0.3, -0.25) is 0 Å². The van der Waals surface area contributed by atoms with Gasteiger partial charge < -0.3 is 19.8 Å². The third kappa shape index (κ3) is 2.30. The molecule has 4 nitrogen and oxygen atoms in total. The van der Waals surface area contributed by atoms with Gasteiger partial charge in [0.05, 0.1) is 11.9 Å². The molecule has 0 atom stereocenters. The number of carbonyl (C=O) groups excluding carboxylic acids is 2. The van der Waals surface area contributed by atoms with Crippen molar-refractivity contribution in [3.05, 3.63) is 47.5 Å². The van der Waals surface area contributed by atoms with Crippen molar-refractivity contribution in [1.82, 2.24) is 0 Å². The number of aromatic carboxylic acids is 2. The summed E-state index contributed by atoms with van der Waals surface area (Å²) in [5, 5.41) is 22.3. The summed E-state index contributed by atoms with van der Waals surface area (Å²) in [6.45, 7) is 0. The predicted octanol–water partition coefficient (Wildman–Crippen LogP) is -0.436. The van der Waals surface area contributed by atoms with Crippen LogP contribution in [-0.2, 0) is 17.1 Å². The van der Waals surface area contributed by atoms with E-state index in [-0.39, 0.29) is 28.2 Å². The second-order valence-corrected chi connectivity index (χ2v) is 3.28. The van der Waals surface area contributed by atoms with Crippen LogP contribution < -0.4 is 10.2 Å². The molecule has 1 radical (unpaired) electrons. The molecule has 0 aromatic heterocycles. The summed E-state index contributed by atoms with van der Waals surface area (Å²) in [7, 11) is 0. The zero-order valence-electron chi connectivity index (χ0n) is 8.48. The van der Waals surface area contributed by atoms with E-state index in [0.717, 1.165) is 0 Å². The van der Waals surface area contributed by atoms with Crippen molar-refractivity contribution < 1.29 is 36.9 Å². The van der Waals surface area contributed by atoms with Gasteiger partial charge in [-0.05, 0) is 10.8 Å². The Labute approximate surface area is 107 Å². The van der Waals surface area contributed by atoms with Gasteiger partial charge in [0.1, 0.15) is 0 Å². The second kappa shape index (κ2) is 4.99. The number of carbonyl (C=O) groups is 2. The predicted molar refractivity (Wildman–Crippen MR) is 52.6 cm³/mol. The summed E-state index contributed by atoms with van der Waals surface area (Å²) in [6, 6.07) is 8.76. The SMILES string of the molecule is O=C([O-])c1ccc(C(=O)[O-])c2ccccc12.[Mn+2]. The molecular weight excluding hydrogens is 263 g/mol. The molecule has 0 heterocycles. The number of fused-ring (bicyclic) bond motifs is 1. The Balaban J connectivity index is 0.00000144. The van der Waals surface area contributed by atoms with Crippen LogP contribution in [0.25, 0.3) is 10.8 Å². The molecule has 2 aromatic carbocycles. The van der Waals surface area contributed by atoms with E-state index >= 15 is 0 Å². The fourth-order valence-electron chi connectivity index (χ4n) is 1.66. The van der Waals surface area contributed by atoms with Crippen LogP contribution in [0.3, 0.4) is 0 Å². The van der Waals surface area contributed by atoms with Crippen molar-refractivity contribution in [3.8, 4) is 0 Å². The Morgan fingerprint density at radius 1 is 0.765 bits per heavy atom. The molecule has 0 saturated carbocycles. The fraction of sp³-hybridized carbons (Fsp3) is 0. The summed E-state index contributed by atoms with van der Waals surface area (Å²) in [5.41, 5.74) is -0.0544. The Morgan fingerprint density at radius 2 is 1.12 bits per heavy atom. The standard InChI is InChI=1S/C12H8O4.Mn/c13-11(14)9-5-6-10(12(15)16)8-4-2-1-3-7(8)9;/h1-6H,(H,13,14)(H,15,16);/q;+2/p-2. The van der Waals surface area contributed by atoms with Crippen molar-refractivity contribution in [1.29, 1.82) is 0 Å². The molecule has 0 aliphatic rings. The van der Waals surface area contributed by atoms with E-state index in [0.29, 0.717) is 10.8 Å². The maximum absolute atomic E-state index is 10.8. The first-order valence-electron chi connectivity index (χ1n) is 4.55. The van der Waals surface area contributed by atoms with Crippen molar-refractivity contribution in [3.63, 3.8) is 0 Å². The Morgan fingerprint density at radius 3 is 1.41 bits per heavy atom. The number of carboxylic acids is 2. The van der Waals surface area contributed by atoms with E-state index in [1.54, 1.807) is 12.1 Å². The molecule has 0 aliphatic heterocycles. The van der Waals surface area contributed by atoms with E-state index in [4.69, 9.17) is 0 Å². The monoisotopic (exact) mass is 269 g/mol. The van der Waals surface area contributed by atoms with Gasteiger partial charge in [-0.1, -0.05) is 36.4 Å². The van der Waals surface area contributed by atoms with Gasteiger partial charge in [-0.25, -0.2) is 0 Å². The van der Waals surface area contributed by atoms with Crippen molar-refractivity contribution in [2.45, 2.75) is 0 Å². The molecule has 85 valence electrons. The van der Waals surface area contributed by atoms with Crippen LogP contribution >= 0.6 is 0 Å². The topological polar surface area (TPSA) is 80.3 Å². The second-order valence-electron chi connectivity index (χ2n) is 3.28. The minimum absolute atomic E-state index is 0. The summed E-state index contributed by atoms with van der Waals surface area (Å²) in [5.74, 6) is -2.66. The van der Waals surface area contributed by atoms with E-state index in [2.05, 4.69) is 0 Å². The first-order valence-corrected chi connectivity index (χ1v) is 4.55. The first-order chi connectivity index (χ1) is 7.61. The van der Waals surface area contributed by atoms with Crippen LogP contribution in [-0.4, -0.2) is 11.9 Å². The molecule has 17 heavy (non-hydrogen) atoms. The van der Waals surface area contributed by atoms with Crippen molar-refractivity contribution in [2.75, 3.05) is 0 Å². The molecule has 0 bridgehead atoms. The third-order valence-corrected chi connectivity index (χ3v) is 2.36. The van der Waals surface area contributed by atoms with Crippen LogP contribution in [0.4, 0.5) is 0 Å². The number of carboxylic acid groups (broad SMARTS) is 2. The maximum Gasteiger partial charge on any atom is 2.00 e. The van der Waals surface area contributed by atoms with Crippen LogP contribution in [0.2, 0.25) is 0 Å². The van der Waals surface area contributed by atoms with E-state index in [1.807, 2.05) is 0 Å². The normalized spacial score (nSPS) is 9.65. The molecule has 0 aliphatic carbocycles. The molecule has 2 aromatic rings. The molecule has 0 saturated heterocycles. The van der Waals surface area contributed by atoms with Gasteiger partial charge in [0.15, 0.2) is 0 Å². The van der Waals surface area contributed by atoms with Gasteiger partial charge in [-0.15, -0.1) is 0 Å². The van der Waals surface area contributed by atoms with E-state index in [1.165, 1.54) is 24.3 Å². The summed E-state index contributed by atoms with van der Waals surface area (Å²) < 4.78 is 0. The number of hydrogen-bond acceptors (Lipinski definition) is 4. The van der Waals surface area contributed by atoms with Crippen LogP contribution in [0.1, 0.15) is 20.7 Å². The van der Waals surface area contributed by atoms with Crippen LogP contribution in [0, 0.1) is 0 Å². The minimum atomic E-state index is -1.33.